The molecule has 0 aliphatic heterocycles. The highest BCUT2D eigenvalue weighted by Gasteiger charge is 2.20. The van der Waals surface area contributed by atoms with Crippen LogP contribution in [-0.2, 0) is 16.1 Å². The minimum atomic E-state index is -0.360. The molecular formula is C18H23N3O3S. The van der Waals surface area contributed by atoms with Crippen molar-refractivity contribution in [1.82, 2.24) is 9.97 Å². The van der Waals surface area contributed by atoms with Crippen LogP contribution in [0.4, 0.5) is 5.69 Å². The number of anilines is 1. The molecule has 0 radical (unpaired) electrons. The number of nitrogens with zero attached hydrogens (tertiary/aromatic N) is 1. The van der Waals surface area contributed by atoms with Crippen LogP contribution in [0.5, 0.6) is 0 Å². The highest BCUT2D eigenvalue weighted by atomic mass is 32.2. The Hall–Kier alpha value is -2.12. The molecule has 1 heterocycles. The van der Waals surface area contributed by atoms with E-state index in [9.17, 15) is 9.59 Å². The van der Waals surface area contributed by atoms with Gasteiger partial charge in [-0.3, -0.25) is 9.59 Å². The van der Waals surface area contributed by atoms with Crippen molar-refractivity contribution in [1.29, 1.82) is 0 Å². The minimum Gasteiger partial charge on any atom is -0.378 e. The van der Waals surface area contributed by atoms with E-state index < -0.39 is 0 Å². The third kappa shape index (κ3) is 5.17. The molecule has 0 spiro atoms. The van der Waals surface area contributed by atoms with Gasteiger partial charge < -0.3 is 15.0 Å². The van der Waals surface area contributed by atoms with Gasteiger partial charge in [-0.05, 0) is 37.5 Å². The first-order chi connectivity index (χ1) is 11.9. The van der Waals surface area contributed by atoms with Gasteiger partial charge in [0, 0.05) is 18.9 Å². The Balaban J connectivity index is 2.15. The van der Waals surface area contributed by atoms with Gasteiger partial charge >= 0.3 is 0 Å². The summed E-state index contributed by atoms with van der Waals surface area (Å²) in [7, 11) is 1.54. The van der Waals surface area contributed by atoms with Crippen molar-refractivity contribution < 1.29 is 9.53 Å². The lowest BCUT2D eigenvalue weighted by atomic mass is 10.1. The highest BCUT2D eigenvalue weighted by molar-refractivity contribution is 8.00. The maximum absolute atomic E-state index is 12.6. The Morgan fingerprint density at radius 1 is 1.40 bits per heavy atom. The Morgan fingerprint density at radius 3 is 2.84 bits per heavy atom. The molecule has 2 N–H and O–H groups in total. The zero-order chi connectivity index (χ0) is 18.4. The Labute approximate surface area is 151 Å². The lowest BCUT2D eigenvalue weighted by Crippen LogP contribution is -2.26. The van der Waals surface area contributed by atoms with Gasteiger partial charge in [0.15, 0.2) is 5.16 Å². The predicted molar refractivity (Wildman–Crippen MR) is 100 cm³/mol. The SMILES string of the molecule is CCC(Sc1nc(COC)cc(=O)[nH]1)C(=O)Nc1cccc(C)c1C. The fraction of sp³-hybridized carbons (Fsp3) is 0.389. The summed E-state index contributed by atoms with van der Waals surface area (Å²) in [5.41, 5.74) is 3.26. The Bertz CT molecular complexity index is 804. The molecule has 1 unspecified atom stereocenters. The van der Waals surface area contributed by atoms with Crippen molar-refractivity contribution in [2.24, 2.45) is 0 Å². The van der Waals surface area contributed by atoms with E-state index in [4.69, 9.17) is 4.74 Å². The minimum absolute atomic E-state index is 0.110. The lowest BCUT2D eigenvalue weighted by molar-refractivity contribution is -0.115. The van der Waals surface area contributed by atoms with Crippen LogP contribution in [0.1, 0.15) is 30.2 Å². The number of thioether (sulfide) groups is 1. The van der Waals surface area contributed by atoms with Crippen molar-refractivity contribution in [3.05, 3.63) is 51.4 Å². The molecule has 2 rings (SSSR count). The molecular weight excluding hydrogens is 338 g/mol. The van der Waals surface area contributed by atoms with Gasteiger partial charge in [0.2, 0.25) is 5.91 Å². The van der Waals surface area contributed by atoms with Crippen LogP contribution >= 0.6 is 11.8 Å². The monoisotopic (exact) mass is 361 g/mol. The predicted octanol–water partition coefficient (Wildman–Crippen LogP) is 3.04. The van der Waals surface area contributed by atoms with Crippen LogP contribution < -0.4 is 10.9 Å². The molecule has 0 saturated heterocycles. The zero-order valence-electron chi connectivity index (χ0n) is 14.9. The van der Waals surface area contributed by atoms with Crippen molar-refractivity contribution in [2.75, 3.05) is 12.4 Å². The number of amides is 1. The number of methoxy groups -OCH3 is 1. The number of aromatic nitrogens is 2. The number of H-pyrrole nitrogens is 1. The Kier molecular flexibility index (Phi) is 6.78. The van der Waals surface area contributed by atoms with E-state index >= 15 is 0 Å². The molecule has 1 aromatic heterocycles. The summed E-state index contributed by atoms with van der Waals surface area (Å²) in [6.07, 6.45) is 0.611. The van der Waals surface area contributed by atoms with E-state index in [1.165, 1.54) is 17.8 Å². The average molecular weight is 361 g/mol. The number of carbonyl (C=O) groups is 1. The summed E-state index contributed by atoms with van der Waals surface area (Å²) >= 11 is 1.25. The standard InChI is InChI=1S/C18H23N3O3S/c1-5-15(17(23)20-14-8-6-7-11(2)12(14)3)25-18-19-13(10-24-4)9-16(22)21-18/h6-9,15H,5,10H2,1-4H3,(H,20,23)(H,19,21,22). The maximum Gasteiger partial charge on any atom is 0.251 e. The van der Waals surface area contributed by atoms with E-state index in [1.807, 2.05) is 39.0 Å². The third-order valence-electron chi connectivity index (χ3n) is 3.84. The number of nitrogens with one attached hydrogen (secondary N) is 2. The molecule has 6 nitrogen and oxygen atoms in total. The molecule has 1 atom stereocenters. The second-order valence-electron chi connectivity index (χ2n) is 5.73. The smallest absolute Gasteiger partial charge is 0.251 e. The zero-order valence-corrected chi connectivity index (χ0v) is 15.7. The third-order valence-corrected chi connectivity index (χ3v) is 5.09. The first-order valence-corrected chi connectivity index (χ1v) is 8.95. The van der Waals surface area contributed by atoms with Crippen molar-refractivity contribution in [3.8, 4) is 0 Å². The molecule has 0 saturated carbocycles. The summed E-state index contributed by atoms with van der Waals surface area (Å²) in [6, 6.07) is 7.20. The van der Waals surface area contributed by atoms with Crippen LogP contribution in [-0.4, -0.2) is 28.2 Å². The van der Waals surface area contributed by atoms with Crippen LogP contribution in [0.2, 0.25) is 0 Å². The first kappa shape index (κ1) is 19.2. The summed E-state index contributed by atoms with van der Waals surface area (Å²) < 4.78 is 5.02. The van der Waals surface area contributed by atoms with Crippen molar-refractivity contribution in [2.45, 2.75) is 44.2 Å². The molecule has 0 aliphatic rings. The highest BCUT2D eigenvalue weighted by Crippen LogP contribution is 2.24. The van der Waals surface area contributed by atoms with E-state index in [0.717, 1.165) is 16.8 Å². The quantitative estimate of drug-likeness (QED) is 0.585. The van der Waals surface area contributed by atoms with E-state index in [0.29, 0.717) is 17.3 Å². The molecule has 0 bridgehead atoms. The molecule has 1 aromatic carbocycles. The normalized spacial score (nSPS) is 12.0. The van der Waals surface area contributed by atoms with Crippen LogP contribution in [0.25, 0.3) is 0 Å². The van der Waals surface area contributed by atoms with Crippen molar-refractivity contribution >= 4 is 23.4 Å². The van der Waals surface area contributed by atoms with E-state index in [1.54, 1.807) is 7.11 Å². The lowest BCUT2D eigenvalue weighted by Gasteiger charge is -2.16. The summed E-state index contributed by atoms with van der Waals surface area (Å²) in [5.74, 6) is -0.110. The fourth-order valence-electron chi connectivity index (χ4n) is 2.32. The topological polar surface area (TPSA) is 84.1 Å². The Morgan fingerprint density at radius 2 is 2.16 bits per heavy atom. The summed E-state index contributed by atoms with van der Waals surface area (Å²) in [6.45, 7) is 6.17. The number of ether oxygens (including phenoxy) is 1. The number of hydrogen-bond acceptors (Lipinski definition) is 5. The van der Waals surface area contributed by atoms with E-state index in [2.05, 4.69) is 15.3 Å². The largest absolute Gasteiger partial charge is 0.378 e. The fourth-order valence-corrected chi connectivity index (χ4v) is 3.25. The summed E-state index contributed by atoms with van der Waals surface area (Å²) in [4.78, 5) is 31.4. The van der Waals surface area contributed by atoms with Crippen LogP contribution in [0, 0.1) is 13.8 Å². The summed E-state index contributed by atoms with van der Waals surface area (Å²) in [5, 5.41) is 3.03. The van der Waals surface area contributed by atoms with Gasteiger partial charge in [-0.2, -0.15) is 0 Å². The number of carbonyl (C=O) groups excluding carboxylic acids is 1. The number of rotatable bonds is 7. The average Bonchev–Trinajstić information content (AvgIpc) is 2.56. The molecule has 1 amide bonds. The number of aromatic amines is 1. The van der Waals surface area contributed by atoms with Gasteiger partial charge in [0.05, 0.1) is 17.6 Å². The van der Waals surface area contributed by atoms with Gasteiger partial charge in [-0.25, -0.2) is 4.98 Å². The molecule has 7 heteroatoms. The maximum atomic E-state index is 12.6. The number of aryl methyl sites for hydroxylation is 1. The van der Waals surface area contributed by atoms with E-state index in [-0.39, 0.29) is 23.3 Å². The molecule has 25 heavy (non-hydrogen) atoms. The second kappa shape index (κ2) is 8.82. The molecule has 0 aliphatic carbocycles. The molecule has 0 fully saturated rings. The van der Waals surface area contributed by atoms with Gasteiger partial charge in [-0.1, -0.05) is 30.8 Å². The van der Waals surface area contributed by atoms with Crippen molar-refractivity contribution in [3.63, 3.8) is 0 Å². The van der Waals surface area contributed by atoms with Gasteiger partial charge in [0.25, 0.3) is 5.56 Å². The molecule has 2 aromatic rings. The van der Waals surface area contributed by atoms with Gasteiger partial charge in [-0.15, -0.1) is 0 Å². The number of hydrogen-bond donors (Lipinski definition) is 2. The number of benzene rings is 1. The first-order valence-electron chi connectivity index (χ1n) is 8.07. The van der Waals surface area contributed by atoms with Crippen LogP contribution in [0.15, 0.2) is 34.2 Å². The van der Waals surface area contributed by atoms with Gasteiger partial charge in [0.1, 0.15) is 0 Å². The second-order valence-corrected chi connectivity index (χ2v) is 6.92. The van der Waals surface area contributed by atoms with Crippen LogP contribution in [0.3, 0.4) is 0 Å². The molecule has 134 valence electrons.